The van der Waals surface area contributed by atoms with Crippen LogP contribution in [0.15, 0.2) is 22.7 Å². The van der Waals surface area contributed by atoms with E-state index < -0.39 is 0 Å². The van der Waals surface area contributed by atoms with Crippen LogP contribution in [0.1, 0.15) is 0 Å². The maximum Gasteiger partial charge on any atom is 0.0549 e. The Hall–Kier alpha value is -0.500. The second-order valence-electron chi connectivity index (χ2n) is 1.82. The van der Waals surface area contributed by atoms with E-state index in [-0.39, 0.29) is 0 Å². The number of nitrogens with one attached hydrogen (secondary N) is 1. The lowest BCUT2D eigenvalue weighted by atomic mass is 10.2. The molecule has 0 unspecified atom stereocenters. The van der Waals surface area contributed by atoms with Crippen LogP contribution in [-0.4, -0.2) is 0 Å². The van der Waals surface area contributed by atoms with Crippen molar-refractivity contribution in [3.8, 4) is 0 Å². The van der Waals surface area contributed by atoms with Crippen LogP contribution in [0.4, 0.5) is 11.4 Å². The van der Waals surface area contributed by atoms with Crippen LogP contribution in [-0.2, 0) is 0 Å². The van der Waals surface area contributed by atoms with E-state index in [1.54, 1.807) is 0 Å². The van der Waals surface area contributed by atoms with Crippen molar-refractivity contribution in [1.29, 1.82) is 0 Å². The number of benzene rings is 1. The topological polar surface area (TPSA) is 12.0 Å². The predicted molar refractivity (Wildman–Crippen MR) is 37.4 cm³/mol. The highest BCUT2D eigenvalue weighted by Gasteiger charge is 2.08. The van der Waals surface area contributed by atoms with Gasteiger partial charge in [0.05, 0.1) is 5.69 Å². The standard InChI is InChI=1S/C6H4BrN/c7-5-2-1-4-3-6(5)8-4/h1-3,8H. The molecule has 2 heteroatoms. The van der Waals surface area contributed by atoms with Gasteiger partial charge >= 0.3 is 0 Å². The summed E-state index contributed by atoms with van der Waals surface area (Å²) < 4.78 is 1.15. The first kappa shape index (κ1) is 4.39. The minimum absolute atomic E-state index is 1.15. The molecule has 1 aromatic carbocycles. The highest BCUT2D eigenvalue weighted by atomic mass is 79.9. The molecule has 0 spiro atoms. The molecule has 2 aliphatic rings. The zero-order valence-electron chi connectivity index (χ0n) is 4.11. The maximum atomic E-state index is 3.38. The number of anilines is 2. The third-order valence-corrected chi connectivity index (χ3v) is 1.94. The van der Waals surface area contributed by atoms with Crippen LogP contribution >= 0.6 is 15.9 Å². The van der Waals surface area contributed by atoms with Crippen LogP contribution in [0.25, 0.3) is 0 Å². The second kappa shape index (κ2) is 1.26. The third-order valence-electron chi connectivity index (χ3n) is 1.25. The van der Waals surface area contributed by atoms with Crippen LogP contribution in [0.5, 0.6) is 0 Å². The molecule has 2 bridgehead atoms. The molecule has 0 atom stereocenters. The van der Waals surface area contributed by atoms with E-state index in [0.717, 1.165) is 4.47 Å². The van der Waals surface area contributed by atoms with Crippen molar-refractivity contribution in [2.75, 3.05) is 5.32 Å². The van der Waals surface area contributed by atoms with Gasteiger partial charge in [-0.3, -0.25) is 0 Å². The van der Waals surface area contributed by atoms with Gasteiger partial charge in [-0.15, -0.1) is 0 Å². The van der Waals surface area contributed by atoms with Crippen molar-refractivity contribution in [2.24, 2.45) is 0 Å². The summed E-state index contributed by atoms with van der Waals surface area (Å²) in [6.07, 6.45) is 0. The lowest BCUT2D eigenvalue weighted by Crippen LogP contribution is -2.00. The molecule has 0 aliphatic carbocycles. The third kappa shape index (κ3) is 0.409. The van der Waals surface area contributed by atoms with Gasteiger partial charge < -0.3 is 5.32 Å². The average molecular weight is 170 g/mol. The van der Waals surface area contributed by atoms with E-state index in [1.165, 1.54) is 11.4 Å². The summed E-state index contributed by atoms with van der Waals surface area (Å²) in [6, 6.07) is 6.18. The molecule has 0 amide bonds. The van der Waals surface area contributed by atoms with E-state index in [4.69, 9.17) is 0 Å². The molecule has 2 aliphatic heterocycles. The van der Waals surface area contributed by atoms with Gasteiger partial charge in [0.1, 0.15) is 0 Å². The van der Waals surface area contributed by atoms with Gasteiger partial charge in [-0.1, -0.05) is 0 Å². The lowest BCUT2D eigenvalue weighted by Gasteiger charge is -2.18. The second-order valence-corrected chi connectivity index (χ2v) is 2.67. The quantitative estimate of drug-likeness (QED) is 0.640. The molecule has 3 rings (SSSR count). The first-order valence-electron chi connectivity index (χ1n) is 2.43. The summed E-state index contributed by atoms with van der Waals surface area (Å²) in [5.41, 5.74) is 2.41. The molecule has 1 nitrogen and oxygen atoms in total. The molecule has 0 saturated heterocycles. The summed E-state index contributed by atoms with van der Waals surface area (Å²) in [6.45, 7) is 0. The monoisotopic (exact) mass is 169 g/mol. The molecule has 8 heavy (non-hydrogen) atoms. The minimum Gasteiger partial charge on any atom is -0.354 e. The molecule has 1 aromatic rings. The van der Waals surface area contributed by atoms with Gasteiger partial charge in [0.2, 0.25) is 0 Å². The number of rotatable bonds is 0. The Bertz CT molecular complexity index is 223. The summed E-state index contributed by atoms with van der Waals surface area (Å²) in [4.78, 5) is 0. The van der Waals surface area contributed by atoms with Gasteiger partial charge in [0.15, 0.2) is 0 Å². The fraction of sp³-hybridized carbons (Fsp3) is 0. The Kier molecular flexibility index (Phi) is 0.690. The molecule has 2 heterocycles. The van der Waals surface area contributed by atoms with Crippen LogP contribution in [0.2, 0.25) is 0 Å². The number of fused-ring (bicyclic) bond motifs is 2. The highest BCUT2D eigenvalue weighted by molar-refractivity contribution is 9.10. The van der Waals surface area contributed by atoms with E-state index in [0.29, 0.717) is 0 Å². The largest absolute Gasteiger partial charge is 0.354 e. The normalized spacial score (nSPS) is 12.1. The Labute approximate surface area is 55.8 Å². The van der Waals surface area contributed by atoms with E-state index in [2.05, 4.69) is 27.3 Å². The van der Waals surface area contributed by atoms with Crippen LogP contribution < -0.4 is 5.32 Å². The van der Waals surface area contributed by atoms with Crippen molar-refractivity contribution in [3.63, 3.8) is 0 Å². The van der Waals surface area contributed by atoms with Crippen molar-refractivity contribution in [2.45, 2.75) is 0 Å². The summed E-state index contributed by atoms with van der Waals surface area (Å²) in [5.74, 6) is 0. The fourth-order valence-electron chi connectivity index (χ4n) is 0.777. The maximum absolute atomic E-state index is 3.38. The van der Waals surface area contributed by atoms with Gasteiger partial charge in [0.25, 0.3) is 0 Å². The van der Waals surface area contributed by atoms with E-state index in [1.807, 2.05) is 12.1 Å². The summed E-state index contributed by atoms with van der Waals surface area (Å²) in [7, 11) is 0. The Balaban J connectivity index is 2.72. The summed E-state index contributed by atoms with van der Waals surface area (Å²) in [5, 5.41) is 3.14. The van der Waals surface area contributed by atoms with Crippen LogP contribution in [0.3, 0.4) is 0 Å². The zero-order valence-corrected chi connectivity index (χ0v) is 5.70. The molecular formula is C6H4BrN. The molecule has 40 valence electrons. The Morgan fingerprint density at radius 3 is 2.38 bits per heavy atom. The zero-order chi connectivity index (χ0) is 5.56. The van der Waals surface area contributed by atoms with E-state index >= 15 is 0 Å². The molecule has 0 saturated carbocycles. The Morgan fingerprint density at radius 2 is 2.12 bits per heavy atom. The van der Waals surface area contributed by atoms with Gasteiger partial charge in [-0.2, -0.15) is 0 Å². The van der Waals surface area contributed by atoms with E-state index in [9.17, 15) is 0 Å². The van der Waals surface area contributed by atoms with Crippen molar-refractivity contribution in [1.82, 2.24) is 0 Å². The molecule has 1 N–H and O–H groups in total. The van der Waals surface area contributed by atoms with Gasteiger partial charge in [-0.05, 0) is 34.1 Å². The SMILES string of the molecule is Brc1ccc2cc1N2. The number of hydrogen-bond acceptors (Lipinski definition) is 1. The van der Waals surface area contributed by atoms with Crippen LogP contribution in [0, 0.1) is 0 Å². The molecular weight excluding hydrogens is 166 g/mol. The Morgan fingerprint density at radius 1 is 1.38 bits per heavy atom. The van der Waals surface area contributed by atoms with Crippen molar-refractivity contribution >= 4 is 27.3 Å². The predicted octanol–water partition coefficient (Wildman–Crippen LogP) is 2.51. The number of halogens is 1. The summed E-state index contributed by atoms with van der Waals surface area (Å²) >= 11 is 3.38. The highest BCUT2D eigenvalue weighted by Crippen LogP contribution is 2.35. The number of hydrogen-bond donors (Lipinski definition) is 1. The first-order valence-corrected chi connectivity index (χ1v) is 3.22. The van der Waals surface area contributed by atoms with Gasteiger partial charge in [0, 0.05) is 10.2 Å². The molecule has 0 fully saturated rings. The molecule has 0 radical (unpaired) electrons. The molecule has 0 aromatic heterocycles. The minimum atomic E-state index is 1.15. The van der Waals surface area contributed by atoms with Crippen molar-refractivity contribution < 1.29 is 0 Å². The first-order chi connectivity index (χ1) is 3.86. The fourth-order valence-corrected chi connectivity index (χ4v) is 1.12. The average Bonchev–Trinajstić information content (AvgIpc) is 1.62. The van der Waals surface area contributed by atoms with Gasteiger partial charge in [-0.25, -0.2) is 0 Å². The smallest absolute Gasteiger partial charge is 0.0549 e. The van der Waals surface area contributed by atoms with Crippen molar-refractivity contribution in [3.05, 3.63) is 22.7 Å². The lowest BCUT2D eigenvalue weighted by molar-refractivity contribution is 1.44.